The number of nitrogens with zero attached hydrogens (tertiary/aromatic N) is 1. The van der Waals surface area contributed by atoms with Gasteiger partial charge in [-0.1, -0.05) is 34.1 Å². The van der Waals surface area contributed by atoms with E-state index in [1.807, 2.05) is 11.8 Å². The first kappa shape index (κ1) is 17.3. The molecular weight excluding hydrogens is 252 g/mol. The van der Waals surface area contributed by atoms with E-state index in [0.29, 0.717) is 6.04 Å². The third-order valence-corrected chi connectivity index (χ3v) is 5.05. The van der Waals surface area contributed by atoms with Crippen LogP contribution in [0.2, 0.25) is 0 Å². The first-order chi connectivity index (χ1) is 9.06. The highest BCUT2D eigenvalue weighted by molar-refractivity contribution is 7.98. The van der Waals surface area contributed by atoms with Gasteiger partial charge in [0.15, 0.2) is 0 Å². The fraction of sp³-hybridized carbons (Fsp3) is 1.00. The van der Waals surface area contributed by atoms with Gasteiger partial charge in [0.1, 0.15) is 0 Å². The molecule has 19 heavy (non-hydrogen) atoms. The van der Waals surface area contributed by atoms with Crippen LogP contribution in [0.5, 0.6) is 0 Å². The maximum atomic E-state index is 3.75. The van der Waals surface area contributed by atoms with E-state index in [2.05, 4.69) is 44.2 Å². The molecule has 0 amide bonds. The lowest BCUT2D eigenvalue weighted by atomic mass is 9.94. The predicted molar refractivity (Wildman–Crippen MR) is 89.1 cm³/mol. The monoisotopic (exact) mass is 286 g/mol. The number of nitrogens with one attached hydrogen (secondary N) is 1. The summed E-state index contributed by atoms with van der Waals surface area (Å²) < 4.78 is 0. The molecular formula is C16H34N2S. The lowest BCUT2D eigenvalue weighted by Crippen LogP contribution is -2.59. The van der Waals surface area contributed by atoms with Crippen molar-refractivity contribution in [1.29, 1.82) is 0 Å². The second kappa shape index (κ2) is 9.25. The molecule has 0 bridgehead atoms. The minimum absolute atomic E-state index is 0.682. The third kappa shape index (κ3) is 6.05. The molecule has 0 aromatic rings. The summed E-state index contributed by atoms with van der Waals surface area (Å²) in [5.74, 6) is 2.82. The van der Waals surface area contributed by atoms with Gasteiger partial charge in [0.2, 0.25) is 0 Å². The minimum Gasteiger partial charge on any atom is -0.311 e. The lowest BCUT2D eigenvalue weighted by molar-refractivity contribution is 0.0835. The molecule has 0 aromatic heterocycles. The van der Waals surface area contributed by atoms with Gasteiger partial charge in [0, 0.05) is 25.2 Å². The van der Waals surface area contributed by atoms with Crippen LogP contribution in [0.1, 0.15) is 47.0 Å². The Balaban J connectivity index is 2.38. The third-order valence-electron chi connectivity index (χ3n) is 4.36. The van der Waals surface area contributed by atoms with Crippen molar-refractivity contribution in [3.8, 4) is 0 Å². The topological polar surface area (TPSA) is 15.3 Å². The molecule has 0 aliphatic carbocycles. The number of rotatable bonds is 8. The minimum atomic E-state index is 0.682. The summed E-state index contributed by atoms with van der Waals surface area (Å²) in [6, 6.07) is 1.41. The van der Waals surface area contributed by atoms with Gasteiger partial charge < -0.3 is 5.32 Å². The summed E-state index contributed by atoms with van der Waals surface area (Å²) >= 11 is 1.97. The van der Waals surface area contributed by atoms with E-state index in [4.69, 9.17) is 0 Å². The molecule has 1 fully saturated rings. The van der Waals surface area contributed by atoms with Crippen molar-refractivity contribution in [3.63, 3.8) is 0 Å². The van der Waals surface area contributed by atoms with E-state index < -0.39 is 0 Å². The lowest BCUT2D eigenvalue weighted by Gasteiger charge is -2.43. The maximum absolute atomic E-state index is 3.75. The molecule has 1 saturated heterocycles. The van der Waals surface area contributed by atoms with Gasteiger partial charge in [-0.25, -0.2) is 0 Å². The number of piperazine rings is 1. The Morgan fingerprint density at radius 1 is 1.11 bits per heavy atom. The first-order valence-corrected chi connectivity index (χ1v) is 9.42. The Morgan fingerprint density at radius 3 is 2.42 bits per heavy atom. The van der Waals surface area contributed by atoms with Gasteiger partial charge in [0.25, 0.3) is 0 Å². The van der Waals surface area contributed by atoms with Crippen LogP contribution in [0.25, 0.3) is 0 Å². The van der Waals surface area contributed by atoms with Gasteiger partial charge in [-0.3, -0.25) is 4.90 Å². The van der Waals surface area contributed by atoms with Crippen molar-refractivity contribution >= 4 is 11.8 Å². The highest BCUT2D eigenvalue weighted by atomic mass is 32.2. The van der Waals surface area contributed by atoms with Gasteiger partial charge in [0.05, 0.1) is 0 Å². The average Bonchev–Trinajstić information content (AvgIpc) is 2.38. The van der Waals surface area contributed by atoms with Crippen LogP contribution in [0.15, 0.2) is 0 Å². The van der Waals surface area contributed by atoms with Gasteiger partial charge in [-0.05, 0) is 43.2 Å². The van der Waals surface area contributed by atoms with Crippen molar-refractivity contribution < 1.29 is 0 Å². The summed E-state index contributed by atoms with van der Waals surface area (Å²) in [6.07, 6.45) is 6.35. The molecule has 1 aliphatic rings. The molecule has 2 nitrogen and oxygen atoms in total. The van der Waals surface area contributed by atoms with Crippen LogP contribution in [0, 0.1) is 11.8 Å². The van der Waals surface area contributed by atoms with Crippen LogP contribution in [-0.2, 0) is 0 Å². The molecule has 114 valence electrons. The van der Waals surface area contributed by atoms with Crippen molar-refractivity contribution in [2.24, 2.45) is 11.8 Å². The molecule has 0 spiro atoms. The summed E-state index contributed by atoms with van der Waals surface area (Å²) in [6.45, 7) is 13.1. The Hall–Kier alpha value is 0.270. The zero-order valence-electron chi connectivity index (χ0n) is 13.6. The van der Waals surface area contributed by atoms with Crippen molar-refractivity contribution in [3.05, 3.63) is 0 Å². The molecule has 2 atom stereocenters. The van der Waals surface area contributed by atoms with Crippen LogP contribution in [0.4, 0.5) is 0 Å². The smallest absolute Gasteiger partial charge is 0.0244 e. The van der Waals surface area contributed by atoms with Crippen molar-refractivity contribution in [2.75, 3.05) is 31.6 Å². The summed E-state index contributed by atoms with van der Waals surface area (Å²) in [7, 11) is 0. The fourth-order valence-electron chi connectivity index (χ4n) is 2.95. The highest BCUT2D eigenvalue weighted by Crippen LogP contribution is 2.19. The number of thioether (sulfide) groups is 1. The van der Waals surface area contributed by atoms with E-state index in [0.717, 1.165) is 17.9 Å². The molecule has 0 saturated carbocycles. The first-order valence-electron chi connectivity index (χ1n) is 8.02. The SMILES string of the molecule is CSCCCCCN1CC(C(C)C)NCC1C(C)C. The second-order valence-corrected chi connectivity index (χ2v) is 7.60. The number of unbranched alkanes of at least 4 members (excludes halogenated alkanes) is 2. The van der Waals surface area contributed by atoms with Crippen LogP contribution < -0.4 is 5.32 Å². The van der Waals surface area contributed by atoms with E-state index in [1.54, 1.807) is 0 Å². The average molecular weight is 287 g/mol. The second-order valence-electron chi connectivity index (χ2n) is 6.62. The quantitative estimate of drug-likeness (QED) is 0.688. The zero-order chi connectivity index (χ0) is 14.3. The largest absolute Gasteiger partial charge is 0.311 e. The van der Waals surface area contributed by atoms with Crippen LogP contribution in [0.3, 0.4) is 0 Å². The van der Waals surface area contributed by atoms with E-state index in [-0.39, 0.29) is 0 Å². The zero-order valence-corrected chi connectivity index (χ0v) is 14.4. The molecule has 1 heterocycles. The molecule has 1 N–H and O–H groups in total. The van der Waals surface area contributed by atoms with Crippen molar-refractivity contribution in [1.82, 2.24) is 10.2 Å². The van der Waals surface area contributed by atoms with E-state index >= 15 is 0 Å². The molecule has 1 aliphatic heterocycles. The Bertz CT molecular complexity index is 231. The molecule has 3 heteroatoms. The maximum Gasteiger partial charge on any atom is 0.0244 e. The van der Waals surface area contributed by atoms with Crippen molar-refractivity contribution in [2.45, 2.75) is 59.0 Å². The molecule has 0 radical (unpaired) electrons. The summed E-state index contributed by atoms with van der Waals surface area (Å²) in [5, 5.41) is 3.75. The fourth-order valence-corrected chi connectivity index (χ4v) is 3.45. The summed E-state index contributed by atoms with van der Waals surface area (Å²) in [5.41, 5.74) is 0. The Kier molecular flexibility index (Phi) is 8.43. The summed E-state index contributed by atoms with van der Waals surface area (Å²) in [4.78, 5) is 2.75. The van der Waals surface area contributed by atoms with E-state index in [1.165, 1.54) is 44.6 Å². The van der Waals surface area contributed by atoms with Gasteiger partial charge in [-0.15, -0.1) is 0 Å². The Labute approximate surface area is 125 Å². The standard InChI is InChI=1S/C16H34N2S/c1-13(2)15-12-18(9-7-6-8-10-19-5)16(11-17-15)14(3)4/h13-17H,6-12H2,1-5H3. The molecule has 2 unspecified atom stereocenters. The van der Waals surface area contributed by atoms with Crippen LogP contribution >= 0.6 is 11.8 Å². The van der Waals surface area contributed by atoms with Crippen LogP contribution in [-0.4, -0.2) is 48.6 Å². The normalized spacial score (nSPS) is 25.4. The van der Waals surface area contributed by atoms with E-state index in [9.17, 15) is 0 Å². The highest BCUT2D eigenvalue weighted by Gasteiger charge is 2.30. The molecule has 0 aromatic carbocycles. The van der Waals surface area contributed by atoms with Gasteiger partial charge in [-0.2, -0.15) is 11.8 Å². The number of hydrogen-bond donors (Lipinski definition) is 1. The predicted octanol–water partition coefficient (Wildman–Crippen LogP) is 3.47. The number of hydrogen-bond acceptors (Lipinski definition) is 3. The molecule has 1 rings (SSSR count). The van der Waals surface area contributed by atoms with Gasteiger partial charge >= 0.3 is 0 Å². The Morgan fingerprint density at radius 2 is 1.84 bits per heavy atom.